The second kappa shape index (κ2) is 8.31. The zero-order valence-electron chi connectivity index (χ0n) is 15.8. The van der Waals surface area contributed by atoms with Gasteiger partial charge >= 0.3 is 0 Å². The number of ether oxygens (including phenoxy) is 1. The summed E-state index contributed by atoms with van der Waals surface area (Å²) in [5, 5.41) is 7.69. The van der Waals surface area contributed by atoms with E-state index in [2.05, 4.69) is 21.4 Å². The number of halogens is 1. The van der Waals surface area contributed by atoms with Crippen LogP contribution in [-0.2, 0) is 11.8 Å². The molecule has 2 aromatic rings. The summed E-state index contributed by atoms with van der Waals surface area (Å²) in [6, 6.07) is 8.16. The molecule has 3 atom stereocenters. The first-order chi connectivity index (χ1) is 12.7. The molecule has 6 nitrogen and oxygen atoms in total. The highest BCUT2D eigenvalue weighted by Crippen LogP contribution is 2.39. The molecule has 3 heterocycles. The lowest BCUT2D eigenvalue weighted by Gasteiger charge is -2.30. The highest BCUT2D eigenvalue weighted by Gasteiger charge is 2.41. The third-order valence-corrected chi connectivity index (χ3v) is 5.72. The van der Waals surface area contributed by atoms with Gasteiger partial charge in [-0.15, -0.1) is 12.4 Å². The number of carbonyl (C=O) groups is 1. The maximum absolute atomic E-state index is 13.4. The van der Waals surface area contributed by atoms with E-state index in [-0.39, 0.29) is 36.2 Å². The number of amides is 1. The van der Waals surface area contributed by atoms with Crippen LogP contribution in [0.1, 0.15) is 35.9 Å². The average molecular weight is 391 g/mol. The largest absolute Gasteiger partial charge is 0.496 e. The molecule has 1 aromatic heterocycles. The molecule has 7 heteroatoms. The summed E-state index contributed by atoms with van der Waals surface area (Å²) in [6.07, 6.45) is 5.94. The van der Waals surface area contributed by atoms with Crippen molar-refractivity contribution in [2.24, 2.45) is 13.0 Å². The molecule has 1 aromatic carbocycles. The number of likely N-dealkylation sites (tertiary alicyclic amines) is 1. The van der Waals surface area contributed by atoms with Crippen LogP contribution in [0.2, 0.25) is 0 Å². The maximum Gasteiger partial charge on any atom is 0.228 e. The predicted octanol–water partition coefficient (Wildman–Crippen LogP) is 2.52. The lowest BCUT2D eigenvalue weighted by Crippen LogP contribution is -2.38. The molecule has 1 N–H and O–H groups in total. The van der Waals surface area contributed by atoms with Crippen LogP contribution in [0.15, 0.2) is 36.7 Å². The molecule has 4 rings (SSSR count). The standard InChI is InChI=1S/C20H26N4O2.ClH/c1-23-13-14(10-22-23)16-11-21-12-17(16)20(25)24-9-5-7-18(24)15-6-3-4-8-19(15)26-2;/h3-4,6,8,10,13,16-18,21H,5,7,9,11-12H2,1-2H3;1H/t16-,17+,18?;/m1./s1. The molecule has 0 spiro atoms. The number of nitrogens with one attached hydrogen (secondary N) is 1. The van der Waals surface area contributed by atoms with E-state index < -0.39 is 0 Å². The van der Waals surface area contributed by atoms with Crippen molar-refractivity contribution in [2.45, 2.75) is 24.8 Å². The van der Waals surface area contributed by atoms with Gasteiger partial charge in [0.25, 0.3) is 0 Å². The third-order valence-electron chi connectivity index (χ3n) is 5.72. The Kier molecular flexibility index (Phi) is 6.07. The van der Waals surface area contributed by atoms with E-state index in [1.165, 1.54) is 0 Å². The maximum atomic E-state index is 13.4. The lowest BCUT2D eigenvalue weighted by atomic mass is 9.89. The lowest BCUT2D eigenvalue weighted by molar-refractivity contribution is -0.136. The molecule has 2 aliphatic rings. The van der Waals surface area contributed by atoms with Crippen LogP contribution < -0.4 is 10.1 Å². The number of para-hydroxylation sites is 1. The van der Waals surface area contributed by atoms with Crippen molar-refractivity contribution in [1.29, 1.82) is 0 Å². The van der Waals surface area contributed by atoms with E-state index >= 15 is 0 Å². The van der Waals surface area contributed by atoms with Gasteiger partial charge in [-0.25, -0.2) is 0 Å². The molecule has 2 fully saturated rings. The van der Waals surface area contributed by atoms with E-state index in [9.17, 15) is 4.79 Å². The van der Waals surface area contributed by atoms with Crippen LogP contribution in [-0.4, -0.2) is 47.3 Å². The number of hydrogen-bond acceptors (Lipinski definition) is 4. The van der Waals surface area contributed by atoms with E-state index in [4.69, 9.17) is 4.74 Å². The summed E-state index contributed by atoms with van der Waals surface area (Å²) in [5.74, 6) is 1.27. The fourth-order valence-corrected chi connectivity index (χ4v) is 4.43. The number of benzene rings is 1. The number of carbonyl (C=O) groups excluding carboxylic acids is 1. The quantitative estimate of drug-likeness (QED) is 0.871. The summed E-state index contributed by atoms with van der Waals surface area (Å²) in [4.78, 5) is 15.5. The SMILES string of the molecule is COc1ccccc1C1CCCN1C(=O)[C@H]1CNC[C@@H]1c1cnn(C)c1.Cl. The van der Waals surface area contributed by atoms with Gasteiger partial charge in [0.1, 0.15) is 5.75 Å². The highest BCUT2D eigenvalue weighted by atomic mass is 35.5. The fraction of sp³-hybridized carbons (Fsp3) is 0.500. The van der Waals surface area contributed by atoms with Gasteiger partial charge in [0.2, 0.25) is 5.91 Å². The van der Waals surface area contributed by atoms with Crippen molar-refractivity contribution in [3.05, 3.63) is 47.8 Å². The van der Waals surface area contributed by atoms with Crippen molar-refractivity contribution in [3.63, 3.8) is 0 Å². The summed E-state index contributed by atoms with van der Waals surface area (Å²) >= 11 is 0. The Bertz CT molecular complexity index is 794. The van der Waals surface area contributed by atoms with E-state index in [1.54, 1.807) is 7.11 Å². The second-order valence-electron chi connectivity index (χ2n) is 7.25. The Morgan fingerprint density at radius 1 is 1.30 bits per heavy atom. The monoisotopic (exact) mass is 390 g/mol. The predicted molar refractivity (Wildman–Crippen MR) is 106 cm³/mol. The van der Waals surface area contributed by atoms with E-state index in [0.717, 1.165) is 49.4 Å². The first-order valence-electron chi connectivity index (χ1n) is 9.31. The minimum Gasteiger partial charge on any atom is -0.496 e. The van der Waals surface area contributed by atoms with Crippen molar-refractivity contribution in [3.8, 4) is 5.75 Å². The van der Waals surface area contributed by atoms with Gasteiger partial charge in [0.15, 0.2) is 0 Å². The molecule has 0 saturated carbocycles. The molecule has 1 unspecified atom stereocenters. The molecule has 0 radical (unpaired) electrons. The summed E-state index contributed by atoms with van der Waals surface area (Å²) in [6.45, 7) is 2.38. The Morgan fingerprint density at radius 2 is 2.11 bits per heavy atom. The Morgan fingerprint density at radius 3 is 2.85 bits per heavy atom. The minimum absolute atomic E-state index is 0. The van der Waals surface area contributed by atoms with Crippen LogP contribution >= 0.6 is 12.4 Å². The normalized spacial score (nSPS) is 24.7. The molecule has 146 valence electrons. The van der Waals surface area contributed by atoms with Crippen molar-refractivity contribution >= 4 is 18.3 Å². The van der Waals surface area contributed by atoms with Crippen LogP contribution in [0, 0.1) is 5.92 Å². The van der Waals surface area contributed by atoms with Crippen molar-refractivity contribution in [1.82, 2.24) is 20.0 Å². The fourth-order valence-electron chi connectivity index (χ4n) is 4.43. The number of hydrogen-bond donors (Lipinski definition) is 1. The summed E-state index contributed by atoms with van der Waals surface area (Å²) in [5.41, 5.74) is 2.26. The molecule has 27 heavy (non-hydrogen) atoms. The van der Waals surface area contributed by atoms with Crippen LogP contribution in [0.4, 0.5) is 0 Å². The van der Waals surface area contributed by atoms with Crippen LogP contribution in [0.25, 0.3) is 0 Å². The zero-order chi connectivity index (χ0) is 18.1. The first-order valence-corrected chi connectivity index (χ1v) is 9.31. The molecule has 2 saturated heterocycles. The Balaban J connectivity index is 0.00000210. The van der Waals surface area contributed by atoms with Gasteiger partial charge in [0, 0.05) is 44.4 Å². The van der Waals surface area contributed by atoms with Gasteiger partial charge in [-0.05, 0) is 24.5 Å². The molecular formula is C20H27ClN4O2. The molecule has 2 aliphatic heterocycles. The summed E-state index contributed by atoms with van der Waals surface area (Å²) in [7, 11) is 3.61. The average Bonchev–Trinajstić information content (AvgIpc) is 3.40. The van der Waals surface area contributed by atoms with E-state index in [1.807, 2.05) is 42.3 Å². The Labute approximate surface area is 166 Å². The molecule has 0 bridgehead atoms. The van der Waals surface area contributed by atoms with Crippen molar-refractivity contribution in [2.75, 3.05) is 26.7 Å². The van der Waals surface area contributed by atoms with Gasteiger partial charge < -0.3 is 15.0 Å². The van der Waals surface area contributed by atoms with Gasteiger partial charge in [0.05, 0.1) is 25.3 Å². The zero-order valence-corrected chi connectivity index (χ0v) is 16.6. The van der Waals surface area contributed by atoms with Gasteiger partial charge in [-0.3, -0.25) is 9.48 Å². The number of aryl methyl sites for hydroxylation is 1. The van der Waals surface area contributed by atoms with Crippen LogP contribution in [0.5, 0.6) is 5.75 Å². The third kappa shape index (κ3) is 3.69. The van der Waals surface area contributed by atoms with Crippen LogP contribution in [0.3, 0.4) is 0 Å². The molecule has 1 amide bonds. The second-order valence-corrected chi connectivity index (χ2v) is 7.25. The van der Waals surface area contributed by atoms with Gasteiger partial charge in [-0.2, -0.15) is 5.10 Å². The molecule has 0 aliphatic carbocycles. The number of rotatable bonds is 4. The summed E-state index contributed by atoms with van der Waals surface area (Å²) < 4.78 is 7.35. The Hall–Kier alpha value is -2.05. The smallest absolute Gasteiger partial charge is 0.228 e. The number of nitrogens with zero attached hydrogens (tertiary/aromatic N) is 3. The minimum atomic E-state index is -0.0329. The number of aromatic nitrogens is 2. The number of methoxy groups -OCH3 is 1. The van der Waals surface area contributed by atoms with E-state index in [0.29, 0.717) is 0 Å². The van der Waals surface area contributed by atoms with Gasteiger partial charge in [-0.1, -0.05) is 18.2 Å². The first kappa shape index (κ1) is 19.7. The molecular weight excluding hydrogens is 364 g/mol. The topological polar surface area (TPSA) is 59.4 Å². The van der Waals surface area contributed by atoms with Crippen molar-refractivity contribution < 1.29 is 9.53 Å². The highest BCUT2D eigenvalue weighted by molar-refractivity contribution is 5.85.